The van der Waals surface area contributed by atoms with Gasteiger partial charge in [0.2, 0.25) is 0 Å². The molecule has 7 heteroatoms. The van der Waals surface area contributed by atoms with Crippen molar-refractivity contribution in [2.75, 3.05) is 31.2 Å². The van der Waals surface area contributed by atoms with E-state index in [0.29, 0.717) is 53.7 Å². The highest BCUT2D eigenvalue weighted by Crippen LogP contribution is 2.31. The predicted molar refractivity (Wildman–Crippen MR) is 101 cm³/mol. The van der Waals surface area contributed by atoms with E-state index in [0.717, 1.165) is 0 Å². The summed E-state index contributed by atoms with van der Waals surface area (Å²) in [6.07, 6.45) is 1.63. The minimum Gasteiger partial charge on any atom is -0.378 e. The van der Waals surface area contributed by atoms with Gasteiger partial charge in [0, 0.05) is 24.2 Å². The van der Waals surface area contributed by atoms with Crippen LogP contribution in [-0.2, 0) is 4.74 Å². The molecular formula is C19H16ClN3O3. The van der Waals surface area contributed by atoms with Crippen molar-refractivity contribution in [2.45, 2.75) is 0 Å². The molecule has 0 bridgehead atoms. The molecule has 0 aromatic heterocycles. The summed E-state index contributed by atoms with van der Waals surface area (Å²) in [7, 11) is 0. The first-order valence-electron chi connectivity index (χ1n) is 8.07. The second kappa shape index (κ2) is 8.00. The number of morpholine rings is 1. The summed E-state index contributed by atoms with van der Waals surface area (Å²) in [6, 6.07) is 14.1. The summed E-state index contributed by atoms with van der Waals surface area (Å²) in [6.45, 7) is 2.32. The summed E-state index contributed by atoms with van der Waals surface area (Å²) < 4.78 is 5.30. The molecule has 0 spiro atoms. The Morgan fingerprint density at radius 3 is 2.69 bits per heavy atom. The maximum absolute atomic E-state index is 11.5. The zero-order chi connectivity index (χ0) is 18.5. The molecule has 3 rings (SSSR count). The fraction of sp³-hybridized carbons (Fsp3) is 0.211. The van der Waals surface area contributed by atoms with Crippen LogP contribution in [0.5, 0.6) is 0 Å². The van der Waals surface area contributed by atoms with Crippen molar-refractivity contribution in [2.24, 2.45) is 0 Å². The van der Waals surface area contributed by atoms with Gasteiger partial charge in [-0.05, 0) is 35.4 Å². The van der Waals surface area contributed by atoms with E-state index in [1.54, 1.807) is 42.5 Å². The molecule has 0 unspecified atom stereocenters. The predicted octanol–water partition coefficient (Wildman–Crippen LogP) is 4.15. The molecule has 2 aromatic carbocycles. The van der Waals surface area contributed by atoms with Crippen molar-refractivity contribution in [1.82, 2.24) is 0 Å². The highest BCUT2D eigenvalue weighted by molar-refractivity contribution is 6.30. The maximum atomic E-state index is 11.5. The molecule has 1 saturated heterocycles. The first-order chi connectivity index (χ1) is 12.6. The normalized spacial score (nSPS) is 14.8. The van der Waals surface area contributed by atoms with Crippen LogP contribution in [0.15, 0.2) is 42.5 Å². The third kappa shape index (κ3) is 4.02. The van der Waals surface area contributed by atoms with Crippen molar-refractivity contribution >= 4 is 34.6 Å². The number of nitro benzene ring substituents is 1. The topological polar surface area (TPSA) is 79.4 Å². The number of ether oxygens (including phenoxy) is 1. The molecule has 0 aliphatic carbocycles. The van der Waals surface area contributed by atoms with Gasteiger partial charge < -0.3 is 9.64 Å². The van der Waals surface area contributed by atoms with Crippen LogP contribution in [0.4, 0.5) is 11.4 Å². The van der Waals surface area contributed by atoms with Crippen LogP contribution in [-0.4, -0.2) is 31.2 Å². The van der Waals surface area contributed by atoms with Crippen molar-refractivity contribution in [1.29, 1.82) is 5.26 Å². The molecule has 0 saturated carbocycles. The van der Waals surface area contributed by atoms with E-state index in [2.05, 4.69) is 6.07 Å². The van der Waals surface area contributed by atoms with Crippen molar-refractivity contribution < 1.29 is 9.66 Å². The number of nitriles is 1. The average molecular weight is 370 g/mol. The van der Waals surface area contributed by atoms with Crippen molar-refractivity contribution in [3.63, 3.8) is 0 Å². The molecule has 2 aromatic rings. The van der Waals surface area contributed by atoms with E-state index >= 15 is 0 Å². The summed E-state index contributed by atoms with van der Waals surface area (Å²) in [5, 5.41) is 21.5. The second-order valence-electron chi connectivity index (χ2n) is 5.78. The van der Waals surface area contributed by atoms with Gasteiger partial charge in [-0.3, -0.25) is 10.1 Å². The first-order valence-corrected chi connectivity index (χ1v) is 8.45. The van der Waals surface area contributed by atoms with Crippen LogP contribution in [0.1, 0.15) is 11.1 Å². The molecule has 1 heterocycles. The number of nitrogens with zero attached hydrogens (tertiary/aromatic N) is 3. The van der Waals surface area contributed by atoms with E-state index < -0.39 is 4.92 Å². The Hall–Kier alpha value is -2.88. The van der Waals surface area contributed by atoms with Crippen LogP contribution in [0.25, 0.3) is 11.6 Å². The minimum atomic E-state index is -0.395. The van der Waals surface area contributed by atoms with Gasteiger partial charge in [-0.15, -0.1) is 0 Å². The lowest BCUT2D eigenvalue weighted by atomic mass is 10.0. The SMILES string of the molecule is N#C/C(=C\c1ccc(N2CCOCC2)c([N+](=O)[O-])c1)c1cccc(Cl)c1. The zero-order valence-electron chi connectivity index (χ0n) is 13.9. The Balaban J connectivity index is 1.99. The van der Waals surface area contributed by atoms with Crippen LogP contribution >= 0.6 is 11.6 Å². The third-order valence-corrected chi connectivity index (χ3v) is 4.35. The van der Waals surface area contributed by atoms with E-state index in [1.165, 1.54) is 6.07 Å². The molecule has 6 nitrogen and oxygen atoms in total. The maximum Gasteiger partial charge on any atom is 0.293 e. The number of allylic oxidation sites excluding steroid dienone is 1. The molecule has 0 N–H and O–H groups in total. The van der Waals surface area contributed by atoms with Crippen LogP contribution in [0.3, 0.4) is 0 Å². The number of nitro groups is 1. The largest absolute Gasteiger partial charge is 0.378 e. The number of hydrogen-bond acceptors (Lipinski definition) is 5. The quantitative estimate of drug-likeness (QED) is 0.350. The minimum absolute atomic E-state index is 0.0176. The number of anilines is 1. The van der Waals surface area contributed by atoms with Gasteiger partial charge in [0.05, 0.1) is 29.8 Å². The Bertz CT molecular complexity index is 899. The molecule has 1 fully saturated rings. The lowest BCUT2D eigenvalue weighted by molar-refractivity contribution is -0.384. The molecule has 0 radical (unpaired) electrons. The van der Waals surface area contributed by atoms with Crippen LogP contribution in [0, 0.1) is 21.4 Å². The van der Waals surface area contributed by atoms with E-state index in [4.69, 9.17) is 16.3 Å². The van der Waals surface area contributed by atoms with E-state index in [-0.39, 0.29) is 5.69 Å². The third-order valence-electron chi connectivity index (χ3n) is 4.12. The monoisotopic (exact) mass is 369 g/mol. The lowest BCUT2D eigenvalue weighted by Crippen LogP contribution is -2.36. The molecule has 132 valence electrons. The Labute approximate surface area is 156 Å². The van der Waals surface area contributed by atoms with Gasteiger partial charge >= 0.3 is 0 Å². The summed E-state index contributed by atoms with van der Waals surface area (Å²) in [4.78, 5) is 13.1. The smallest absolute Gasteiger partial charge is 0.293 e. The molecule has 1 aliphatic rings. The number of rotatable bonds is 4. The van der Waals surface area contributed by atoms with Crippen LogP contribution in [0.2, 0.25) is 5.02 Å². The van der Waals surface area contributed by atoms with E-state index in [9.17, 15) is 15.4 Å². The van der Waals surface area contributed by atoms with Crippen LogP contribution < -0.4 is 4.90 Å². The average Bonchev–Trinajstić information content (AvgIpc) is 2.66. The standard InChI is InChI=1S/C19H16ClN3O3/c20-17-3-1-2-15(12-17)16(13-21)10-14-4-5-18(19(11-14)23(24)25)22-6-8-26-9-7-22/h1-5,10-12H,6-9H2/b16-10+. The highest BCUT2D eigenvalue weighted by atomic mass is 35.5. The molecule has 0 atom stereocenters. The van der Waals surface area contributed by atoms with Gasteiger partial charge in [0.15, 0.2) is 0 Å². The van der Waals surface area contributed by atoms with E-state index in [1.807, 2.05) is 4.90 Å². The Morgan fingerprint density at radius 1 is 1.27 bits per heavy atom. The second-order valence-corrected chi connectivity index (χ2v) is 6.22. The Kier molecular flexibility index (Phi) is 5.52. The lowest BCUT2D eigenvalue weighted by Gasteiger charge is -2.28. The number of benzene rings is 2. The van der Waals surface area contributed by atoms with Gasteiger partial charge in [0.25, 0.3) is 5.69 Å². The van der Waals surface area contributed by atoms with Gasteiger partial charge in [-0.2, -0.15) is 5.26 Å². The summed E-state index contributed by atoms with van der Waals surface area (Å²) >= 11 is 5.98. The van der Waals surface area contributed by atoms with Gasteiger partial charge in [-0.1, -0.05) is 29.8 Å². The van der Waals surface area contributed by atoms with Crippen molar-refractivity contribution in [3.8, 4) is 6.07 Å². The summed E-state index contributed by atoms with van der Waals surface area (Å²) in [5.41, 5.74) is 2.23. The number of halogens is 1. The molecule has 26 heavy (non-hydrogen) atoms. The molecule has 0 amide bonds. The fourth-order valence-electron chi connectivity index (χ4n) is 2.85. The number of hydrogen-bond donors (Lipinski definition) is 0. The zero-order valence-corrected chi connectivity index (χ0v) is 14.6. The molecule has 1 aliphatic heterocycles. The van der Waals surface area contributed by atoms with Gasteiger partial charge in [0.1, 0.15) is 5.69 Å². The van der Waals surface area contributed by atoms with Crippen molar-refractivity contribution in [3.05, 3.63) is 68.7 Å². The highest BCUT2D eigenvalue weighted by Gasteiger charge is 2.21. The first kappa shape index (κ1) is 17.9. The fourth-order valence-corrected chi connectivity index (χ4v) is 3.04. The van der Waals surface area contributed by atoms with Gasteiger partial charge in [-0.25, -0.2) is 0 Å². The Morgan fingerprint density at radius 2 is 2.04 bits per heavy atom. The molecular weight excluding hydrogens is 354 g/mol. The summed E-state index contributed by atoms with van der Waals surface area (Å²) in [5.74, 6) is 0.